The van der Waals surface area contributed by atoms with Gasteiger partial charge in [-0.15, -0.1) is 0 Å². The number of H-pyrrole nitrogens is 1. The molecule has 0 aliphatic heterocycles. The Morgan fingerprint density at radius 3 is 3.04 bits per heavy atom. The van der Waals surface area contributed by atoms with Gasteiger partial charge in [-0.25, -0.2) is 5.84 Å². The van der Waals surface area contributed by atoms with Gasteiger partial charge in [-0.05, 0) is 31.7 Å². The van der Waals surface area contributed by atoms with Crippen molar-refractivity contribution in [1.82, 2.24) is 20.0 Å². The number of nitrogens with one attached hydrogen (secondary N) is 3. The van der Waals surface area contributed by atoms with Crippen LogP contribution in [-0.2, 0) is 0 Å². The van der Waals surface area contributed by atoms with Gasteiger partial charge in [0.25, 0.3) is 0 Å². The van der Waals surface area contributed by atoms with Crippen molar-refractivity contribution in [2.24, 2.45) is 17.5 Å². The molecule has 2 aromatic rings. The van der Waals surface area contributed by atoms with Gasteiger partial charge >= 0.3 is 0 Å². The average molecular weight is 332 g/mol. The van der Waals surface area contributed by atoms with Gasteiger partial charge in [-0.2, -0.15) is 9.97 Å². The van der Waals surface area contributed by atoms with E-state index in [9.17, 15) is 0 Å². The van der Waals surface area contributed by atoms with E-state index in [1.807, 2.05) is 12.3 Å². The molecule has 2 aromatic heterocycles. The highest BCUT2D eigenvalue weighted by Crippen LogP contribution is 2.30. The number of aliphatic hydroxyl groups excluding tert-OH is 1. The predicted molar refractivity (Wildman–Crippen MR) is 93.6 cm³/mol. The van der Waals surface area contributed by atoms with Gasteiger partial charge in [0.2, 0.25) is 5.95 Å². The Balaban J connectivity index is 1.76. The van der Waals surface area contributed by atoms with Crippen LogP contribution in [0.1, 0.15) is 19.8 Å². The van der Waals surface area contributed by atoms with Crippen LogP contribution in [-0.4, -0.2) is 44.3 Å². The molecule has 1 atom stereocenters. The third-order valence-electron chi connectivity index (χ3n) is 3.99. The average Bonchev–Trinajstić information content (AvgIpc) is 3.27. The van der Waals surface area contributed by atoms with Crippen LogP contribution >= 0.6 is 0 Å². The summed E-state index contributed by atoms with van der Waals surface area (Å²) in [6.07, 6.45) is 5.87. The molecule has 1 saturated carbocycles. The van der Waals surface area contributed by atoms with Gasteiger partial charge in [0.1, 0.15) is 17.3 Å². The fourth-order valence-corrected chi connectivity index (χ4v) is 2.24. The van der Waals surface area contributed by atoms with Crippen LogP contribution < -0.4 is 22.2 Å². The molecule has 1 unspecified atom stereocenters. The summed E-state index contributed by atoms with van der Waals surface area (Å²) in [5.74, 6) is 7.97. The number of hydrogen-bond donors (Lipinski definition) is 6. The molecule has 1 aliphatic rings. The lowest BCUT2D eigenvalue weighted by Crippen LogP contribution is -2.38. The number of aromatic amines is 1. The number of rotatable bonds is 8. The van der Waals surface area contributed by atoms with Crippen LogP contribution in [0.4, 0.5) is 11.8 Å². The predicted octanol–water partition coefficient (Wildman–Crippen LogP) is 0.506. The summed E-state index contributed by atoms with van der Waals surface area (Å²) >= 11 is 0. The van der Waals surface area contributed by atoms with Crippen molar-refractivity contribution >= 4 is 22.8 Å². The van der Waals surface area contributed by atoms with Gasteiger partial charge in [0.05, 0.1) is 24.2 Å². The number of anilines is 2. The summed E-state index contributed by atoms with van der Waals surface area (Å²) in [5.41, 5.74) is 6.67. The molecule has 0 radical (unpaired) electrons. The van der Waals surface area contributed by atoms with E-state index in [2.05, 4.69) is 25.6 Å². The molecule has 0 spiro atoms. The lowest BCUT2D eigenvalue weighted by atomic mass is 10.3. The number of nitrogens with two attached hydrogens (primary N) is 2. The Labute approximate surface area is 140 Å². The van der Waals surface area contributed by atoms with E-state index < -0.39 is 0 Å². The molecule has 8 N–H and O–H groups in total. The summed E-state index contributed by atoms with van der Waals surface area (Å²) in [6, 6.07) is 1.70. The van der Waals surface area contributed by atoms with Gasteiger partial charge in [0.15, 0.2) is 0 Å². The third-order valence-corrected chi connectivity index (χ3v) is 3.99. The Hall–Kier alpha value is -2.52. The maximum atomic E-state index is 9.10. The zero-order valence-corrected chi connectivity index (χ0v) is 13.7. The first-order chi connectivity index (χ1) is 11.6. The normalized spacial score (nSPS) is 16.2. The van der Waals surface area contributed by atoms with Crippen molar-refractivity contribution in [3.8, 4) is 0 Å². The van der Waals surface area contributed by atoms with E-state index in [0.717, 1.165) is 29.3 Å². The molecule has 1 fully saturated rings. The largest absolute Gasteiger partial charge is 0.394 e. The van der Waals surface area contributed by atoms with E-state index in [-0.39, 0.29) is 18.5 Å². The molecule has 9 heteroatoms. The molecule has 3 rings (SSSR count). The lowest BCUT2D eigenvalue weighted by molar-refractivity contribution is 0.177. The second-order valence-corrected chi connectivity index (χ2v) is 6.15. The first kappa shape index (κ1) is 16.3. The van der Waals surface area contributed by atoms with Crippen LogP contribution in [0.25, 0.3) is 11.0 Å². The van der Waals surface area contributed by atoms with Gasteiger partial charge in [0, 0.05) is 12.7 Å². The van der Waals surface area contributed by atoms with Crippen molar-refractivity contribution in [3.63, 3.8) is 0 Å². The van der Waals surface area contributed by atoms with Gasteiger partial charge in [-0.1, -0.05) is 0 Å². The van der Waals surface area contributed by atoms with Crippen LogP contribution in [0.5, 0.6) is 0 Å². The maximum Gasteiger partial charge on any atom is 0.232 e. The monoisotopic (exact) mass is 332 g/mol. The first-order valence-electron chi connectivity index (χ1n) is 8.04. The second kappa shape index (κ2) is 6.93. The molecule has 0 aromatic carbocycles. The van der Waals surface area contributed by atoms with E-state index >= 15 is 0 Å². The fraction of sp³-hybridized carbons (Fsp3) is 0.467. The highest BCUT2D eigenvalue weighted by atomic mass is 16.3. The summed E-state index contributed by atoms with van der Waals surface area (Å²) in [5, 5.41) is 17.7. The van der Waals surface area contributed by atoms with Crippen molar-refractivity contribution in [2.75, 3.05) is 23.8 Å². The molecule has 24 heavy (non-hydrogen) atoms. The topological polar surface area (TPSA) is 141 Å². The zero-order chi connectivity index (χ0) is 17.1. The van der Waals surface area contributed by atoms with Crippen LogP contribution in [0.3, 0.4) is 0 Å². The number of hydrazine groups is 1. The minimum absolute atomic E-state index is 0.0690. The molecular formula is C15H24N8O. The fourth-order valence-electron chi connectivity index (χ4n) is 2.24. The number of hydrogen-bond acceptors (Lipinski definition) is 8. The molecular weight excluding hydrogens is 308 g/mol. The van der Waals surface area contributed by atoms with Crippen LogP contribution in [0.15, 0.2) is 24.3 Å². The lowest BCUT2D eigenvalue weighted by Gasteiger charge is -2.21. The zero-order valence-electron chi connectivity index (χ0n) is 13.7. The SMILES string of the molecule is CC(CO)N(N)/C=C(\N)Nc1nc(NCC2CC2)c2cc[nH]c2n1. The number of aliphatic hydroxyl groups is 1. The van der Waals surface area contributed by atoms with E-state index in [1.165, 1.54) is 24.1 Å². The van der Waals surface area contributed by atoms with Crippen molar-refractivity contribution in [3.05, 3.63) is 24.3 Å². The van der Waals surface area contributed by atoms with Crippen molar-refractivity contribution < 1.29 is 5.11 Å². The maximum absolute atomic E-state index is 9.10. The molecule has 130 valence electrons. The first-order valence-corrected chi connectivity index (χ1v) is 8.04. The smallest absolute Gasteiger partial charge is 0.232 e. The molecule has 9 nitrogen and oxygen atoms in total. The van der Waals surface area contributed by atoms with Crippen LogP contribution in [0, 0.1) is 5.92 Å². The standard InChI is InChI=1S/C15H24N8O/c1-9(8-24)23(17)7-12(16)20-15-21-13-11(4-5-18-13)14(22-15)19-6-10-2-3-10/h4-5,7,9-10,24H,2-3,6,8,16-17H2,1H3,(H3,18,19,20,21,22)/b12-7+. The molecule has 1 aliphatic carbocycles. The summed E-state index contributed by atoms with van der Waals surface area (Å²) < 4.78 is 0. The highest BCUT2D eigenvalue weighted by molar-refractivity contribution is 5.88. The Kier molecular flexibility index (Phi) is 4.72. The third kappa shape index (κ3) is 3.87. The minimum Gasteiger partial charge on any atom is -0.394 e. The number of fused-ring (bicyclic) bond motifs is 1. The van der Waals surface area contributed by atoms with E-state index in [1.54, 1.807) is 6.92 Å². The molecule has 0 amide bonds. The van der Waals surface area contributed by atoms with Gasteiger partial charge < -0.3 is 31.5 Å². The summed E-state index contributed by atoms with van der Waals surface area (Å²) in [7, 11) is 0. The van der Waals surface area contributed by atoms with Crippen molar-refractivity contribution in [1.29, 1.82) is 0 Å². The molecule has 2 heterocycles. The molecule has 0 saturated heterocycles. The van der Waals surface area contributed by atoms with Gasteiger partial charge in [-0.3, -0.25) is 0 Å². The minimum atomic E-state index is -0.243. The Morgan fingerprint density at radius 2 is 2.33 bits per heavy atom. The van der Waals surface area contributed by atoms with Crippen molar-refractivity contribution in [2.45, 2.75) is 25.8 Å². The quantitative estimate of drug-likeness (QED) is 0.303. The van der Waals surface area contributed by atoms with Crippen LogP contribution in [0.2, 0.25) is 0 Å². The second-order valence-electron chi connectivity index (χ2n) is 6.15. The Bertz CT molecular complexity index is 723. The highest BCUT2D eigenvalue weighted by Gasteiger charge is 2.21. The summed E-state index contributed by atoms with van der Waals surface area (Å²) in [6.45, 7) is 2.62. The Morgan fingerprint density at radius 1 is 1.54 bits per heavy atom. The number of nitrogens with zero attached hydrogens (tertiary/aromatic N) is 3. The number of aromatic nitrogens is 3. The summed E-state index contributed by atoms with van der Waals surface area (Å²) in [4.78, 5) is 12.0. The van der Waals surface area contributed by atoms with E-state index in [0.29, 0.717) is 5.95 Å². The van der Waals surface area contributed by atoms with E-state index in [4.69, 9.17) is 16.7 Å². The molecule has 0 bridgehead atoms.